The molecule has 0 aromatic carbocycles. The number of hydrogen-bond donors (Lipinski definition) is 0. The third kappa shape index (κ3) is 1.66. The first-order chi connectivity index (χ1) is 8.83. The van der Waals surface area contributed by atoms with Gasteiger partial charge in [-0.25, -0.2) is 0 Å². The normalized spacial score (nSPS) is 23.3. The number of nitriles is 1. The Morgan fingerprint density at radius 3 is 3.22 bits per heavy atom. The van der Waals surface area contributed by atoms with E-state index in [1.165, 1.54) is 0 Å². The molecule has 0 radical (unpaired) electrons. The average molecular weight is 242 g/mol. The largest absolute Gasteiger partial charge is 0.377 e. The molecule has 0 saturated carbocycles. The first-order valence-corrected chi connectivity index (χ1v) is 6.20. The lowest BCUT2D eigenvalue weighted by Gasteiger charge is -2.14. The van der Waals surface area contributed by atoms with Crippen molar-refractivity contribution in [2.24, 2.45) is 0 Å². The molecule has 0 spiro atoms. The van der Waals surface area contributed by atoms with Crippen LogP contribution in [0.3, 0.4) is 0 Å². The van der Waals surface area contributed by atoms with Gasteiger partial charge in [0, 0.05) is 24.8 Å². The second-order valence-corrected chi connectivity index (χ2v) is 4.53. The minimum absolute atomic E-state index is 0.230. The molecule has 3 rings (SSSR count). The fourth-order valence-electron chi connectivity index (χ4n) is 2.58. The van der Waals surface area contributed by atoms with E-state index in [4.69, 9.17) is 10.00 Å². The molecule has 5 nitrogen and oxygen atoms in total. The zero-order chi connectivity index (χ0) is 12.5. The molecule has 18 heavy (non-hydrogen) atoms. The molecule has 0 bridgehead atoms. The Labute approximate surface area is 105 Å². The molecule has 1 saturated heterocycles. The molecule has 1 fully saturated rings. The number of pyridine rings is 1. The van der Waals surface area contributed by atoms with Gasteiger partial charge in [0.2, 0.25) is 0 Å². The van der Waals surface area contributed by atoms with Gasteiger partial charge >= 0.3 is 0 Å². The number of aromatic nitrogens is 3. The SMILES string of the molecule is CCC1OCCC1c1nnc2cc(C#N)ccn12. The van der Waals surface area contributed by atoms with E-state index in [9.17, 15) is 0 Å². The summed E-state index contributed by atoms with van der Waals surface area (Å²) in [5, 5.41) is 17.3. The quantitative estimate of drug-likeness (QED) is 0.806. The van der Waals surface area contributed by atoms with Gasteiger partial charge in [0.15, 0.2) is 5.65 Å². The molecule has 0 aliphatic carbocycles. The summed E-state index contributed by atoms with van der Waals surface area (Å²) < 4.78 is 7.66. The van der Waals surface area contributed by atoms with Crippen LogP contribution in [0.2, 0.25) is 0 Å². The number of nitrogens with zero attached hydrogens (tertiary/aromatic N) is 4. The molecule has 1 aliphatic rings. The minimum Gasteiger partial charge on any atom is -0.377 e. The van der Waals surface area contributed by atoms with Crippen LogP contribution in [0.4, 0.5) is 0 Å². The van der Waals surface area contributed by atoms with E-state index >= 15 is 0 Å². The van der Waals surface area contributed by atoms with Crippen LogP contribution in [0.5, 0.6) is 0 Å². The summed E-state index contributed by atoms with van der Waals surface area (Å²) in [7, 11) is 0. The summed E-state index contributed by atoms with van der Waals surface area (Å²) >= 11 is 0. The topological polar surface area (TPSA) is 63.2 Å². The van der Waals surface area contributed by atoms with Gasteiger partial charge < -0.3 is 4.74 Å². The van der Waals surface area contributed by atoms with Gasteiger partial charge in [-0.15, -0.1) is 10.2 Å². The molecule has 3 heterocycles. The Balaban J connectivity index is 2.05. The number of ether oxygens (including phenoxy) is 1. The Morgan fingerprint density at radius 2 is 2.44 bits per heavy atom. The van der Waals surface area contributed by atoms with Crippen molar-refractivity contribution >= 4 is 5.65 Å². The standard InChI is InChI=1S/C13H14N4O/c1-2-11-10(4-6-18-11)13-16-15-12-7-9(8-14)3-5-17(12)13/h3,5,7,10-11H,2,4,6H2,1H3. The van der Waals surface area contributed by atoms with E-state index in [0.717, 1.165) is 30.9 Å². The van der Waals surface area contributed by atoms with Gasteiger partial charge in [0.25, 0.3) is 0 Å². The van der Waals surface area contributed by atoms with E-state index < -0.39 is 0 Å². The molecular formula is C13H14N4O. The lowest BCUT2D eigenvalue weighted by Crippen LogP contribution is -2.15. The predicted octanol–water partition coefficient (Wildman–Crippen LogP) is 1.88. The minimum atomic E-state index is 0.230. The van der Waals surface area contributed by atoms with E-state index in [1.807, 2.05) is 10.6 Å². The van der Waals surface area contributed by atoms with Crippen LogP contribution in [0.15, 0.2) is 18.3 Å². The number of fused-ring (bicyclic) bond motifs is 1. The van der Waals surface area contributed by atoms with E-state index in [1.54, 1.807) is 12.1 Å². The van der Waals surface area contributed by atoms with Gasteiger partial charge in [-0.05, 0) is 18.9 Å². The first kappa shape index (κ1) is 11.2. The molecule has 2 aromatic heterocycles. The van der Waals surface area contributed by atoms with Crippen molar-refractivity contribution in [1.29, 1.82) is 5.26 Å². The monoisotopic (exact) mass is 242 g/mol. The summed E-state index contributed by atoms with van der Waals surface area (Å²) in [4.78, 5) is 0. The molecule has 0 N–H and O–H groups in total. The van der Waals surface area contributed by atoms with Gasteiger partial charge in [-0.2, -0.15) is 5.26 Å². The van der Waals surface area contributed by atoms with Crippen molar-refractivity contribution in [3.8, 4) is 6.07 Å². The van der Waals surface area contributed by atoms with Gasteiger partial charge in [0.1, 0.15) is 5.82 Å². The summed E-state index contributed by atoms with van der Waals surface area (Å²) in [6.07, 6.45) is 4.07. The van der Waals surface area contributed by atoms with Crippen molar-refractivity contribution in [3.63, 3.8) is 0 Å². The average Bonchev–Trinajstić information content (AvgIpc) is 3.03. The zero-order valence-corrected chi connectivity index (χ0v) is 10.2. The zero-order valence-electron chi connectivity index (χ0n) is 10.2. The summed E-state index contributed by atoms with van der Waals surface area (Å²) in [6.45, 7) is 2.91. The van der Waals surface area contributed by atoms with Crippen LogP contribution in [-0.2, 0) is 4.74 Å². The van der Waals surface area contributed by atoms with Gasteiger partial charge in [-0.3, -0.25) is 4.40 Å². The highest BCUT2D eigenvalue weighted by molar-refractivity contribution is 5.45. The molecule has 2 aromatic rings. The fraction of sp³-hybridized carbons (Fsp3) is 0.462. The third-order valence-electron chi connectivity index (χ3n) is 3.51. The summed E-state index contributed by atoms with van der Waals surface area (Å²) in [5.74, 6) is 1.25. The van der Waals surface area contributed by atoms with Crippen LogP contribution in [0, 0.1) is 11.3 Å². The van der Waals surface area contributed by atoms with Crippen molar-refractivity contribution < 1.29 is 4.74 Å². The molecular weight excluding hydrogens is 228 g/mol. The smallest absolute Gasteiger partial charge is 0.162 e. The van der Waals surface area contributed by atoms with E-state index in [0.29, 0.717) is 11.5 Å². The van der Waals surface area contributed by atoms with Crippen LogP contribution in [-0.4, -0.2) is 27.3 Å². The highest BCUT2D eigenvalue weighted by Gasteiger charge is 2.31. The number of hydrogen-bond acceptors (Lipinski definition) is 4. The maximum Gasteiger partial charge on any atom is 0.162 e. The third-order valence-corrected chi connectivity index (χ3v) is 3.51. The van der Waals surface area contributed by atoms with Crippen LogP contribution in [0.25, 0.3) is 5.65 Å². The van der Waals surface area contributed by atoms with Gasteiger partial charge in [-0.1, -0.05) is 6.92 Å². The lowest BCUT2D eigenvalue weighted by molar-refractivity contribution is 0.0993. The molecule has 0 amide bonds. The highest BCUT2D eigenvalue weighted by atomic mass is 16.5. The van der Waals surface area contributed by atoms with E-state index in [-0.39, 0.29) is 6.10 Å². The van der Waals surface area contributed by atoms with Crippen molar-refractivity contribution in [1.82, 2.24) is 14.6 Å². The lowest BCUT2D eigenvalue weighted by atomic mass is 9.99. The summed E-state index contributed by atoms with van der Waals surface area (Å²) in [6, 6.07) is 5.66. The van der Waals surface area contributed by atoms with Crippen molar-refractivity contribution in [2.45, 2.75) is 31.8 Å². The second kappa shape index (κ2) is 4.39. The van der Waals surface area contributed by atoms with Crippen molar-refractivity contribution in [3.05, 3.63) is 29.7 Å². The Morgan fingerprint density at radius 1 is 1.56 bits per heavy atom. The van der Waals surface area contributed by atoms with Crippen molar-refractivity contribution in [2.75, 3.05) is 6.61 Å². The van der Waals surface area contributed by atoms with Crippen LogP contribution < -0.4 is 0 Å². The summed E-state index contributed by atoms with van der Waals surface area (Å²) in [5.41, 5.74) is 1.34. The maximum absolute atomic E-state index is 8.87. The number of rotatable bonds is 2. The highest BCUT2D eigenvalue weighted by Crippen LogP contribution is 2.32. The van der Waals surface area contributed by atoms with Crippen LogP contribution >= 0.6 is 0 Å². The Kier molecular flexibility index (Phi) is 2.73. The Bertz CT molecular complexity index is 613. The molecule has 1 aliphatic heterocycles. The molecule has 5 heteroatoms. The second-order valence-electron chi connectivity index (χ2n) is 4.53. The Hall–Kier alpha value is -1.93. The molecule has 92 valence electrons. The molecule has 2 atom stereocenters. The van der Waals surface area contributed by atoms with E-state index in [2.05, 4.69) is 23.2 Å². The maximum atomic E-state index is 8.87. The van der Waals surface area contributed by atoms with Gasteiger partial charge in [0.05, 0.1) is 17.7 Å². The molecule has 2 unspecified atom stereocenters. The first-order valence-electron chi connectivity index (χ1n) is 6.20. The van der Waals surface area contributed by atoms with Crippen LogP contribution in [0.1, 0.15) is 37.1 Å². The predicted molar refractivity (Wildman–Crippen MR) is 65.1 cm³/mol. The fourth-order valence-corrected chi connectivity index (χ4v) is 2.58.